The highest BCUT2D eigenvalue weighted by Crippen LogP contribution is 2.45. The van der Waals surface area contributed by atoms with E-state index < -0.39 is 18.2 Å². The second-order valence-corrected chi connectivity index (χ2v) is 9.79. The molecule has 0 bridgehead atoms. The van der Waals surface area contributed by atoms with Gasteiger partial charge in [0.05, 0.1) is 18.9 Å². The minimum atomic E-state index is -0.720. The Bertz CT molecular complexity index is 1400. The predicted molar refractivity (Wildman–Crippen MR) is 146 cm³/mol. The number of carbonyl (C=O) groups excluding carboxylic acids is 1. The first-order valence-electron chi connectivity index (χ1n) is 12.1. The molecule has 0 fully saturated rings. The van der Waals surface area contributed by atoms with Crippen molar-refractivity contribution in [3.63, 3.8) is 0 Å². The molecular weight excluding hydrogens is 550 g/mol. The molecule has 0 saturated carbocycles. The average molecular weight is 576 g/mol. The summed E-state index contributed by atoms with van der Waals surface area (Å²) in [6.45, 7) is 0.599. The monoisotopic (exact) mass is 575 g/mol. The summed E-state index contributed by atoms with van der Waals surface area (Å²) in [7, 11) is 0. The van der Waals surface area contributed by atoms with E-state index in [0.29, 0.717) is 23.6 Å². The zero-order chi connectivity index (χ0) is 26.5. The van der Waals surface area contributed by atoms with Crippen molar-refractivity contribution < 1.29 is 29.2 Å². The molecule has 2 atom stereocenters. The second kappa shape index (κ2) is 11.6. The van der Waals surface area contributed by atoms with Crippen LogP contribution in [0.15, 0.2) is 102 Å². The Labute approximate surface area is 229 Å². The fourth-order valence-corrected chi connectivity index (χ4v) is 4.75. The van der Waals surface area contributed by atoms with E-state index in [1.54, 1.807) is 18.2 Å². The third-order valence-electron chi connectivity index (χ3n) is 6.23. The number of amides is 1. The van der Waals surface area contributed by atoms with Crippen LogP contribution in [0.2, 0.25) is 0 Å². The Morgan fingerprint density at radius 2 is 1.53 bits per heavy atom. The number of halogens is 1. The fourth-order valence-electron chi connectivity index (χ4n) is 4.40. The summed E-state index contributed by atoms with van der Waals surface area (Å²) >= 11 is 3.49. The summed E-state index contributed by atoms with van der Waals surface area (Å²) in [4.78, 5) is 15.2. The van der Waals surface area contributed by atoms with E-state index in [4.69, 9.17) is 14.2 Å². The third kappa shape index (κ3) is 5.77. The Kier molecular flexibility index (Phi) is 7.81. The normalized spacial score (nSPS) is 16.4. The van der Waals surface area contributed by atoms with Crippen LogP contribution in [-0.4, -0.2) is 29.0 Å². The molecule has 4 aromatic carbocycles. The molecule has 2 N–H and O–H groups in total. The summed E-state index contributed by atoms with van der Waals surface area (Å²) < 4.78 is 18.9. The highest BCUT2D eigenvalue weighted by Gasteiger charge is 2.42. The van der Waals surface area contributed by atoms with E-state index in [1.807, 2.05) is 66.7 Å². The van der Waals surface area contributed by atoms with E-state index in [1.165, 1.54) is 17.0 Å². The number of phenols is 2. The number of rotatable bonds is 7. The van der Waals surface area contributed by atoms with Crippen molar-refractivity contribution in [1.29, 1.82) is 0 Å². The number of ether oxygens (including phenoxy) is 3. The van der Waals surface area contributed by atoms with Gasteiger partial charge in [0.2, 0.25) is 0 Å². The van der Waals surface area contributed by atoms with E-state index in [2.05, 4.69) is 15.9 Å². The van der Waals surface area contributed by atoms with Crippen molar-refractivity contribution in [3.8, 4) is 17.2 Å². The Morgan fingerprint density at radius 1 is 0.842 bits per heavy atom. The van der Waals surface area contributed by atoms with E-state index >= 15 is 0 Å². The molecule has 0 aromatic heterocycles. The lowest BCUT2D eigenvalue weighted by Gasteiger charge is -2.41. The molecule has 38 heavy (non-hydrogen) atoms. The van der Waals surface area contributed by atoms with E-state index in [-0.39, 0.29) is 24.7 Å². The molecular formula is C30H26BrNO6. The van der Waals surface area contributed by atoms with Crippen LogP contribution < -0.4 is 9.64 Å². The molecule has 0 unspecified atom stereocenters. The molecule has 1 aliphatic rings. The van der Waals surface area contributed by atoms with Crippen molar-refractivity contribution in [3.05, 3.63) is 118 Å². The van der Waals surface area contributed by atoms with Gasteiger partial charge < -0.3 is 24.4 Å². The molecule has 0 radical (unpaired) electrons. The zero-order valence-corrected chi connectivity index (χ0v) is 22.0. The van der Waals surface area contributed by atoms with Gasteiger partial charge in [-0.15, -0.1) is 0 Å². The highest BCUT2D eigenvalue weighted by molar-refractivity contribution is 9.10. The quantitative estimate of drug-likeness (QED) is 0.238. The Hall–Kier alpha value is -4.01. The second-order valence-electron chi connectivity index (χ2n) is 8.87. The van der Waals surface area contributed by atoms with Gasteiger partial charge in [0.15, 0.2) is 11.5 Å². The smallest absolute Gasteiger partial charge is 0.415 e. The number of aromatic hydroxyl groups is 2. The van der Waals surface area contributed by atoms with Crippen LogP contribution in [0.5, 0.6) is 17.2 Å². The first-order chi connectivity index (χ1) is 18.5. The van der Waals surface area contributed by atoms with Crippen molar-refractivity contribution in [2.75, 3.05) is 11.5 Å². The van der Waals surface area contributed by atoms with Gasteiger partial charge in [-0.05, 0) is 47.0 Å². The van der Waals surface area contributed by atoms with E-state index in [9.17, 15) is 15.0 Å². The number of benzene rings is 4. The van der Waals surface area contributed by atoms with Gasteiger partial charge in [-0.2, -0.15) is 0 Å². The van der Waals surface area contributed by atoms with Crippen LogP contribution in [-0.2, 0) is 22.7 Å². The first kappa shape index (κ1) is 25.6. The van der Waals surface area contributed by atoms with Gasteiger partial charge in [-0.3, -0.25) is 4.90 Å². The van der Waals surface area contributed by atoms with Crippen molar-refractivity contribution in [2.24, 2.45) is 0 Å². The average Bonchev–Trinajstić information content (AvgIpc) is 2.94. The fraction of sp³-hybridized carbons (Fsp3) is 0.167. The largest absolute Gasteiger partial charge is 0.504 e. The summed E-state index contributed by atoms with van der Waals surface area (Å²) in [6.07, 6.45) is -1.22. The Balaban J connectivity index is 1.50. The van der Waals surface area contributed by atoms with Gasteiger partial charge in [0, 0.05) is 4.47 Å². The zero-order valence-electron chi connectivity index (χ0n) is 20.4. The van der Waals surface area contributed by atoms with Crippen LogP contribution in [0.4, 0.5) is 10.5 Å². The van der Waals surface area contributed by atoms with Gasteiger partial charge in [0.1, 0.15) is 24.5 Å². The lowest BCUT2D eigenvalue weighted by Crippen LogP contribution is -2.48. The number of anilines is 1. The molecule has 0 aliphatic carbocycles. The molecule has 7 nitrogen and oxygen atoms in total. The molecule has 1 amide bonds. The van der Waals surface area contributed by atoms with Crippen LogP contribution in [0.25, 0.3) is 0 Å². The number of hydrogen-bond donors (Lipinski definition) is 2. The van der Waals surface area contributed by atoms with Crippen molar-refractivity contribution in [2.45, 2.75) is 25.4 Å². The molecule has 5 rings (SSSR count). The van der Waals surface area contributed by atoms with Gasteiger partial charge in [0.25, 0.3) is 0 Å². The minimum Gasteiger partial charge on any atom is -0.504 e. The summed E-state index contributed by atoms with van der Waals surface area (Å²) in [5, 5.41) is 20.2. The SMILES string of the molecule is O=C(OCc1ccccc1)N1c2cc(Br)ccc2O[C@@H](COCc2ccccc2)[C@@H]1c1ccc(O)c(O)c1. The topological polar surface area (TPSA) is 88.5 Å². The number of fused-ring (bicyclic) bond motifs is 1. The Morgan fingerprint density at radius 3 is 2.21 bits per heavy atom. The van der Waals surface area contributed by atoms with Crippen LogP contribution >= 0.6 is 15.9 Å². The summed E-state index contributed by atoms with van der Waals surface area (Å²) in [5.74, 6) is -0.0646. The maximum Gasteiger partial charge on any atom is 0.415 e. The number of carbonyl (C=O) groups is 1. The molecule has 0 spiro atoms. The molecule has 1 aliphatic heterocycles. The molecule has 0 saturated heterocycles. The number of phenolic OH excluding ortho intramolecular Hbond substituents is 2. The summed E-state index contributed by atoms with van der Waals surface area (Å²) in [5.41, 5.74) is 2.92. The van der Waals surface area contributed by atoms with E-state index in [0.717, 1.165) is 15.6 Å². The molecule has 8 heteroatoms. The first-order valence-corrected chi connectivity index (χ1v) is 12.9. The van der Waals surface area contributed by atoms with Gasteiger partial charge in [-0.1, -0.05) is 82.7 Å². The van der Waals surface area contributed by atoms with Crippen LogP contribution in [0.3, 0.4) is 0 Å². The maximum atomic E-state index is 13.7. The third-order valence-corrected chi connectivity index (χ3v) is 6.72. The predicted octanol–water partition coefficient (Wildman–Crippen LogP) is 6.72. The molecule has 1 heterocycles. The standard InChI is InChI=1S/C30H26BrNO6/c31-23-12-14-27-24(16-23)32(30(35)37-18-21-9-5-2-6-10-21)29(22-11-13-25(33)26(34)15-22)28(38-27)19-36-17-20-7-3-1-4-8-20/h1-16,28-29,33-34H,17-19H2/t28-,29-/m0/s1. The number of hydrogen-bond acceptors (Lipinski definition) is 6. The van der Waals surface area contributed by atoms with Crippen LogP contribution in [0, 0.1) is 0 Å². The minimum absolute atomic E-state index is 0.0864. The number of nitrogens with zero attached hydrogens (tertiary/aromatic N) is 1. The molecule has 194 valence electrons. The molecule has 4 aromatic rings. The van der Waals surface area contributed by atoms with Crippen molar-refractivity contribution >= 4 is 27.7 Å². The van der Waals surface area contributed by atoms with Gasteiger partial charge in [-0.25, -0.2) is 4.79 Å². The lowest BCUT2D eigenvalue weighted by molar-refractivity contribution is 0.0210. The van der Waals surface area contributed by atoms with Gasteiger partial charge >= 0.3 is 6.09 Å². The maximum absolute atomic E-state index is 13.7. The van der Waals surface area contributed by atoms with Crippen LogP contribution in [0.1, 0.15) is 22.7 Å². The highest BCUT2D eigenvalue weighted by atomic mass is 79.9. The van der Waals surface area contributed by atoms with Crippen molar-refractivity contribution in [1.82, 2.24) is 0 Å². The lowest BCUT2D eigenvalue weighted by atomic mass is 9.96. The summed E-state index contributed by atoms with van der Waals surface area (Å²) in [6, 6.07) is 28.3.